The van der Waals surface area contributed by atoms with Crippen molar-refractivity contribution in [3.05, 3.63) is 88.9 Å². The molecule has 0 bridgehead atoms. The average molecular weight is 521 g/mol. The Bertz CT molecular complexity index is 1390. The molecule has 0 radical (unpaired) electrons. The van der Waals surface area contributed by atoms with Crippen LogP contribution in [0.5, 0.6) is 0 Å². The molecular weight excluding hydrogens is 496 g/mol. The Morgan fingerprint density at radius 2 is 1.53 bits per heavy atom. The third kappa shape index (κ3) is 5.78. The number of amides is 1. The van der Waals surface area contributed by atoms with Crippen molar-refractivity contribution in [1.82, 2.24) is 5.32 Å². The van der Waals surface area contributed by atoms with Crippen LogP contribution in [0.2, 0.25) is 5.02 Å². The average Bonchev–Trinajstić information content (AvgIpc) is 2.79. The maximum Gasteiger partial charge on any atom is 0.264 e. The van der Waals surface area contributed by atoms with E-state index in [0.717, 1.165) is 10.6 Å². The summed E-state index contributed by atoms with van der Waals surface area (Å²) in [6.45, 7) is 2.95. The molecule has 0 aromatic heterocycles. The minimum absolute atomic E-state index is 0.0478. The predicted molar refractivity (Wildman–Crippen MR) is 133 cm³/mol. The first-order valence-electron chi connectivity index (χ1n) is 10.3. The van der Waals surface area contributed by atoms with E-state index in [1.807, 2.05) is 0 Å². The van der Waals surface area contributed by atoms with Crippen LogP contribution in [0.1, 0.15) is 24.1 Å². The first-order valence-corrected chi connectivity index (χ1v) is 14.0. The van der Waals surface area contributed by atoms with Gasteiger partial charge >= 0.3 is 0 Å². The van der Waals surface area contributed by atoms with Gasteiger partial charge in [0.25, 0.3) is 10.0 Å². The number of nitrogens with one attached hydrogen (secondary N) is 1. The van der Waals surface area contributed by atoms with Gasteiger partial charge in [-0.2, -0.15) is 0 Å². The quantitative estimate of drug-likeness (QED) is 0.481. The van der Waals surface area contributed by atoms with Crippen molar-refractivity contribution >= 4 is 43.1 Å². The third-order valence-electron chi connectivity index (χ3n) is 5.31. The molecule has 10 heteroatoms. The van der Waals surface area contributed by atoms with Crippen molar-refractivity contribution < 1.29 is 21.6 Å². The smallest absolute Gasteiger partial charge is 0.264 e. The maximum absolute atomic E-state index is 13.5. The van der Waals surface area contributed by atoms with Gasteiger partial charge in [-0.25, -0.2) is 16.8 Å². The second-order valence-corrected chi connectivity index (χ2v) is 12.1. The van der Waals surface area contributed by atoms with E-state index in [1.54, 1.807) is 62.4 Å². The van der Waals surface area contributed by atoms with Crippen LogP contribution in [-0.4, -0.2) is 35.5 Å². The van der Waals surface area contributed by atoms with E-state index in [4.69, 9.17) is 11.6 Å². The molecule has 1 amide bonds. The van der Waals surface area contributed by atoms with Crippen molar-refractivity contribution in [1.29, 1.82) is 0 Å². The highest BCUT2D eigenvalue weighted by molar-refractivity contribution is 7.93. The Morgan fingerprint density at radius 1 is 0.912 bits per heavy atom. The molecule has 0 aliphatic carbocycles. The summed E-state index contributed by atoms with van der Waals surface area (Å²) in [5, 5.41) is 3.16. The van der Waals surface area contributed by atoms with Gasteiger partial charge in [0.2, 0.25) is 5.91 Å². The van der Waals surface area contributed by atoms with Crippen molar-refractivity contribution in [2.45, 2.75) is 29.7 Å². The Morgan fingerprint density at radius 3 is 2.12 bits per heavy atom. The number of benzene rings is 3. The van der Waals surface area contributed by atoms with Gasteiger partial charge in [-0.3, -0.25) is 9.10 Å². The van der Waals surface area contributed by atoms with Gasteiger partial charge in [0.15, 0.2) is 9.84 Å². The summed E-state index contributed by atoms with van der Waals surface area (Å²) in [4.78, 5) is 13.2. The maximum atomic E-state index is 13.5. The summed E-state index contributed by atoms with van der Waals surface area (Å²) >= 11 is 6.23. The van der Waals surface area contributed by atoms with Crippen molar-refractivity contribution in [2.75, 3.05) is 17.1 Å². The molecule has 0 spiro atoms. The summed E-state index contributed by atoms with van der Waals surface area (Å²) < 4.78 is 51.3. The van der Waals surface area contributed by atoms with Gasteiger partial charge in [0, 0.05) is 11.3 Å². The molecule has 1 N–H and O–H groups in total. The fourth-order valence-electron chi connectivity index (χ4n) is 3.39. The standard InChI is InChI=1S/C24H25ClN2O5S2/c1-17-22(25)10-7-11-23(17)27(34(31,32)21-8-5-4-6-9-21)16-24(28)26-18(2)19-12-14-20(15-13-19)33(3,29)30/h4-15,18H,16H2,1-3H3,(H,26,28)/t18-/m0/s1. The lowest BCUT2D eigenvalue weighted by Gasteiger charge is -2.26. The topological polar surface area (TPSA) is 101 Å². The lowest BCUT2D eigenvalue weighted by molar-refractivity contribution is -0.120. The fourth-order valence-corrected chi connectivity index (χ4v) is 5.69. The van der Waals surface area contributed by atoms with E-state index in [1.165, 1.54) is 24.3 Å². The zero-order valence-electron chi connectivity index (χ0n) is 18.9. The number of sulfonamides is 1. The van der Waals surface area contributed by atoms with Crippen LogP contribution in [0, 0.1) is 6.92 Å². The normalized spacial score (nSPS) is 12.7. The SMILES string of the molecule is Cc1c(Cl)cccc1N(CC(=O)N[C@@H](C)c1ccc(S(C)(=O)=O)cc1)S(=O)(=O)c1ccccc1. The molecule has 7 nitrogen and oxygen atoms in total. The molecule has 1 atom stereocenters. The van der Waals surface area contributed by atoms with E-state index in [9.17, 15) is 21.6 Å². The molecule has 0 aliphatic rings. The number of anilines is 1. The zero-order chi connectivity index (χ0) is 25.1. The van der Waals surface area contributed by atoms with Crippen LogP contribution < -0.4 is 9.62 Å². The largest absolute Gasteiger partial charge is 0.348 e. The number of carbonyl (C=O) groups is 1. The van der Waals surface area contributed by atoms with E-state index in [-0.39, 0.29) is 9.79 Å². The minimum atomic E-state index is -4.06. The van der Waals surface area contributed by atoms with Crippen LogP contribution in [-0.2, 0) is 24.7 Å². The molecule has 3 aromatic rings. The summed E-state index contributed by atoms with van der Waals surface area (Å²) in [5.74, 6) is -0.529. The Labute approximate surface area is 205 Å². The van der Waals surface area contributed by atoms with E-state index < -0.39 is 38.4 Å². The molecule has 0 heterocycles. The third-order valence-corrected chi connectivity index (χ3v) is 8.62. The highest BCUT2D eigenvalue weighted by atomic mass is 35.5. The molecule has 180 valence electrons. The van der Waals surface area contributed by atoms with Crippen LogP contribution in [0.4, 0.5) is 5.69 Å². The lowest BCUT2D eigenvalue weighted by atomic mass is 10.1. The van der Waals surface area contributed by atoms with Gasteiger partial charge in [-0.05, 0) is 61.4 Å². The van der Waals surface area contributed by atoms with E-state index in [0.29, 0.717) is 21.8 Å². The number of rotatable bonds is 8. The Hall–Kier alpha value is -2.88. The summed E-state index contributed by atoms with van der Waals surface area (Å²) in [6.07, 6.45) is 1.12. The number of sulfone groups is 1. The van der Waals surface area contributed by atoms with Gasteiger partial charge in [0.1, 0.15) is 6.54 Å². The Kier molecular flexibility index (Phi) is 7.70. The number of hydrogen-bond acceptors (Lipinski definition) is 5. The van der Waals surface area contributed by atoms with Gasteiger partial charge in [0.05, 0.1) is 21.5 Å². The molecule has 3 aromatic carbocycles. The lowest BCUT2D eigenvalue weighted by Crippen LogP contribution is -2.42. The van der Waals surface area contributed by atoms with Gasteiger partial charge < -0.3 is 5.32 Å². The highest BCUT2D eigenvalue weighted by Gasteiger charge is 2.29. The molecular formula is C24H25ClN2O5S2. The first kappa shape index (κ1) is 25.7. The second-order valence-electron chi connectivity index (χ2n) is 7.84. The monoisotopic (exact) mass is 520 g/mol. The van der Waals surface area contributed by atoms with Crippen LogP contribution in [0.3, 0.4) is 0 Å². The van der Waals surface area contributed by atoms with E-state index in [2.05, 4.69) is 5.32 Å². The number of hydrogen-bond donors (Lipinski definition) is 1. The van der Waals surface area contributed by atoms with Crippen LogP contribution >= 0.6 is 11.6 Å². The Balaban J connectivity index is 1.89. The summed E-state index contributed by atoms with van der Waals surface area (Å²) in [7, 11) is -7.40. The molecule has 0 unspecified atom stereocenters. The fraction of sp³-hybridized carbons (Fsp3) is 0.208. The molecule has 3 rings (SSSR count). The molecule has 34 heavy (non-hydrogen) atoms. The first-order chi connectivity index (χ1) is 15.9. The van der Waals surface area contributed by atoms with Gasteiger partial charge in [-0.15, -0.1) is 0 Å². The highest BCUT2D eigenvalue weighted by Crippen LogP contribution is 2.30. The summed E-state index contributed by atoms with van der Waals surface area (Å²) in [6, 6.07) is 18.4. The number of nitrogens with zero attached hydrogens (tertiary/aromatic N) is 1. The van der Waals surface area contributed by atoms with Crippen molar-refractivity contribution in [3.8, 4) is 0 Å². The van der Waals surface area contributed by atoms with Crippen molar-refractivity contribution in [2.24, 2.45) is 0 Å². The second kappa shape index (κ2) is 10.2. The molecule has 0 fully saturated rings. The molecule has 0 aliphatic heterocycles. The van der Waals surface area contributed by atoms with Crippen molar-refractivity contribution in [3.63, 3.8) is 0 Å². The van der Waals surface area contributed by atoms with Crippen LogP contribution in [0.25, 0.3) is 0 Å². The van der Waals surface area contributed by atoms with Crippen LogP contribution in [0.15, 0.2) is 82.6 Å². The predicted octanol–water partition coefficient (Wildman–Crippen LogP) is 4.12. The summed E-state index contributed by atoms with van der Waals surface area (Å²) in [5.41, 5.74) is 1.51. The van der Waals surface area contributed by atoms with Gasteiger partial charge in [-0.1, -0.05) is 48.0 Å². The van der Waals surface area contributed by atoms with E-state index >= 15 is 0 Å². The zero-order valence-corrected chi connectivity index (χ0v) is 21.3. The molecule has 0 saturated heterocycles. The number of halogens is 1. The molecule has 0 saturated carbocycles. The minimum Gasteiger partial charge on any atom is -0.348 e. The number of carbonyl (C=O) groups excluding carboxylic acids is 1.